The van der Waals surface area contributed by atoms with Gasteiger partial charge in [0.15, 0.2) is 5.16 Å². The highest BCUT2D eigenvalue weighted by atomic mass is 32.2. The first-order valence-corrected chi connectivity index (χ1v) is 9.59. The topological polar surface area (TPSA) is 78.0 Å². The van der Waals surface area contributed by atoms with E-state index in [1.54, 1.807) is 16.7 Å². The van der Waals surface area contributed by atoms with Crippen molar-refractivity contribution in [1.82, 2.24) is 9.55 Å². The molecule has 130 valence electrons. The summed E-state index contributed by atoms with van der Waals surface area (Å²) in [6, 6.07) is 6.53. The van der Waals surface area contributed by atoms with Gasteiger partial charge in [0.2, 0.25) is 0 Å². The van der Waals surface area contributed by atoms with Crippen LogP contribution < -0.4 is 5.56 Å². The van der Waals surface area contributed by atoms with Gasteiger partial charge in [-0.25, -0.2) is 4.98 Å². The van der Waals surface area contributed by atoms with Gasteiger partial charge in [-0.3, -0.25) is 19.5 Å². The van der Waals surface area contributed by atoms with Gasteiger partial charge >= 0.3 is 0 Å². The van der Waals surface area contributed by atoms with Gasteiger partial charge in [-0.15, -0.1) is 11.3 Å². The number of aromatic nitrogens is 2. The maximum Gasteiger partial charge on any atom is 0.269 e. The summed E-state index contributed by atoms with van der Waals surface area (Å²) in [6.45, 7) is 6.40. The van der Waals surface area contributed by atoms with E-state index in [-0.39, 0.29) is 11.2 Å². The van der Waals surface area contributed by atoms with E-state index >= 15 is 0 Å². The molecule has 3 rings (SSSR count). The Balaban J connectivity index is 1.97. The van der Waals surface area contributed by atoms with E-state index in [2.05, 4.69) is 4.98 Å². The molecule has 0 fully saturated rings. The Morgan fingerprint density at radius 2 is 2.12 bits per heavy atom. The molecule has 0 saturated heterocycles. The molecule has 0 N–H and O–H groups in total. The zero-order chi connectivity index (χ0) is 18.1. The number of nitro benzene ring substituents is 1. The van der Waals surface area contributed by atoms with Crippen molar-refractivity contribution in [2.45, 2.75) is 38.2 Å². The standard InChI is InChI=1S/C17H17N3O3S2/c1-4-19-16(21)14-10(2)11(3)25-15(14)18-17(19)24-9-12-6-5-7-13(8-12)20(22)23/h5-8H,4,9H2,1-3H3. The second-order valence-corrected chi connectivity index (χ2v) is 7.77. The highest BCUT2D eigenvalue weighted by Gasteiger charge is 2.16. The van der Waals surface area contributed by atoms with Gasteiger partial charge in [0.1, 0.15) is 4.83 Å². The van der Waals surface area contributed by atoms with Crippen LogP contribution in [0.5, 0.6) is 0 Å². The van der Waals surface area contributed by atoms with Gasteiger partial charge in [0.05, 0.1) is 10.3 Å². The van der Waals surface area contributed by atoms with Crippen molar-refractivity contribution in [2.75, 3.05) is 0 Å². The highest BCUT2D eigenvalue weighted by molar-refractivity contribution is 7.98. The lowest BCUT2D eigenvalue weighted by Crippen LogP contribution is -2.22. The van der Waals surface area contributed by atoms with Crippen LogP contribution in [0.15, 0.2) is 34.2 Å². The molecule has 6 nitrogen and oxygen atoms in total. The molecule has 0 aliphatic heterocycles. The molecule has 0 amide bonds. The number of non-ortho nitro benzene ring substituents is 1. The summed E-state index contributed by atoms with van der Waals surface area (Å²) >= 11 is 2.95. The molecule has 0 unspecified atom stereocenters. The van der Waals surface area contributed by atoms with Crippen LogP contribution in [0.4, 0.5) is 5.69 Å². The number of hydrogen-bond acceptors (Lipinski definition) is 6. The first-order chi connectivity index (χ1) is 11.9. The fraction of sp³-hybridized carbons (Fsp3) is 0.294. The summed E-state index contributed by atoms with van der Waals surface area (Å²) in [5.41, 5.74) is 1.87. The average molecular weight is 375 g/mol. The maximum atomic E-state index is 12.8. The number of hydrogen-bond donors (Lipinski definition) is 0. The Morgan fingerprint density at radius 1 is 1.36 bits per heavy atom. The molecule has 0 radical (unpaired) electrons. The summed E-state index contributed by atoms with van der Waals surface area (Å²) in [5.74, 6) is 0.517. The fourth-order valence-corrected chi connectivity index (χ4v) is 4.68. The number of benzene rings is 1. The van der Waals surface area contributed by atoms with Crippen molar-refractivity contribution in [1.29, 1.82) is 0 Å². The summed E-state index contributed by atoms with van der Waals surface area (Å²) in [7, 11) is 0. The minimum absolute atomic E-state index is 0.0177. The lowest BCUT2D eigenvalue weighted by Gasteiger charge is -2.10. The quantitative estimate of drug-likeness (QED) is 0.288. The Labute approximate surface area is 152 Å². The summed E-state index contributed by atoms with van der Waals surface area (Å²) in [5, 5.41) is 12.2. The number of thiophene rings is 1. The molecule has 0 aliphatic rings. The number of aryl methyl sites for hydroxylation is 2. The van der Waals surface area contributed by atoms with E-state index in [4.69, 9.17) is 0 Å². The number of fused-ring (bicyclic) bond motifs is 1. The first-order valence-electron chi connectivity index (χ1n) is 7.79. The molecule has 0 bridgehead atoms. The average Bonchev–Trinajstić information content (AvgIpc) is 2.87. The van der Waals surface area contributed by atoms with Crippen LogP contribution in [-0.2, 0) is 12.3 Å². The molecule has 3 aromatic rings. The number of nitrogens with zero attached hydrogens (tertiary/aromatic N) is 3. The molecule has 0 spiro atoms. The van der Waals surface area contributed by atoms with Crippen LogP contribution in [0.3, 0.4) is 0 Å². The second kappa shape index (κ2) is 6.97. The Bertz CT molecular complexity index is 1020. The van der Waals surface area contributed by atoms with Gasteiger partial charge in [-0.05, 0) is 31.9 Å². The van der Waals surface area contributed by atoms with Crippen molar-refractivity contribution in [3.63, 3.8) is 0 Å². The monoisotopic (exact) mass is 375 g/mol. The summed E-state index contributed by atoms with van der Waals surface area (Å²) in [4.78, 5) is 29.8. The van der Waals surface area contributed by atoms with Crippen molar-refractivity contribution in [2.24, 2.45) is 0 Å². The minimum atomic E-state index is -0.405. The molecule has 0 aliphatic carbocycles. The lowest BCUT2D eigenvalue weighted by atomic mass is 10.2. The van der Waals surface area contributed by atoms with Crippen molar-refractivity contribution in [3.05, 3.63) is 60.7 Å². The zero-order valence-corrected chi connectivity index (χ0v) is 15.7. The molecule has 0 atom stereocenters. The Morgan fingerprint density at radius 3 is 2.80 bits per heavy atom. The number of rotatable bonds is 5. The van der Waals surface area contributed by atoms with Gasteiger partial charge in [0.25, 0.3) is 11.2 Å². The van der Waals surface area contributed by atoms with Crippen LogP contribution in [0.1, 0.15) is 22.9 Å². The third-order valence-corrected chi connectivity index (χ3v) is 6.21. The third kappa shape index (κ3) is 3.32. The van der Waals surface area contributed by atoms with E-state index in [1.165, 1.54) is 29.2 Å². The Hall–Kier alpha value is -2.19. The largest absolute Gasteiger partial charge is 0.287 e. The van der Waals surface area contributed by atoms with Crippen molar-refractivity contribution >= 4 is 39.0 Å². The van der Waals surface area contributed by atoms with Crippen LogP contribution >= 0.6 is 23.1 Å². The number of thioether (sulfide) groups is 1. The highest BCUT2D eigenvalue weighted by Crippen LogP contribution is 2.29. The first kappa shape index (κ1) is 17.6. The predicted molar refractivity (Wildman–Crippen MR) is 102 cm³/mol. The van der Waals surface area contributed by atoms with E-state index in [1.807, 2.05) is 26.8 Å². The molecule has 8 heteroatoms. The second-order valence-electron chi connectivity index (χ2n) is 5.62. The minimum Gasteiger partial charge on any atom is -0.287 e. The van der Waals surface area contributed by atoms with Gasteiger partial charge in [-0.2, -0.15) is 0 Å². The smallest absolute Gasteiger partial charge is 0.269 e. The Kier molecular flexibility index (Phi) is 4.91. The SMILES string of the molecule is CCn1c(SCc2cccc([N+](=O)[O-])c2)nc2sc(C)c(C)c2c1=O. The third-order valence-electron chi connectivity index (χ3n) is 4.06. The van der Waals surface area contributed by atoms with E-state index < -0.39 is 4.92 Å². The van der Waals surface area contributed by atoms with Gasteiger partial charge in [-0.1, -0.05) is 23.9 Å². The van der Waals surface area contributed by atoms with Crippen molar-refractivity contribution < 1.29 is 4.92 Å². The number of nitro groups is 1. The van der Waals surface area contributed by atoms with Crippen LogP contribution in [0.25, 0.3) is 10.2 Å². The molecule has 2 aromatic heterocycles. The normalized spacial score (nSPS) is 11.2. The lowest BCUT2D eigenvalue weighted by molar-refractivity contribution is -0.384. The molecular formula is C17H17N3O3S2. The van der Waals surface area contributed by atoms with E-state index in [0.29, 0.717) is 22.8 Å². The van der Waals surface area contributed by atoms with Crippen LogP contribution in [-0.4, -0.2) is 14.5 Å². The molecule has 0 saturated carbocycles. The van der Waals surface area contributed by atoms with Gasteiger partial charge < -0.3 is 0 Å². The van der Waals surface area contributed by atoms with E-state index in [9.17, 15) is 14.9 Å². The molecule has 2 heterocycles. The molecule has 1 aromatic carbocycles. The predicted octanol–water partition coefficient (Wildman–Crippen LogP) is 4.30. The van der Waals surface area contributed by atoms with Crippen LogP contribution in [0.2, 0.25) is 0 Å². The van der Waals surface area contributed by atoms with Crippen LogP contribution in [0, 0.1) is 24.0 Å². The fourth-order valence-electron chi connectivity index (χ4n) is 2.61. The zero-order valence-electron chi connectivity index (χ0n) is 14.1. The van der Waals surface area contributed by atoms with Gasteiger partial charge in [0, 0.05) is 29.3 Å². The molecular weight excluding hydrogens is 358 g/mol. The summed E-state index contributed by atoms with van der Waals surface area (Å²) in [6.07, 6.45) is 0. The van der Waals surface area contributed by atoms with E-state index in [0.717, 1.165) is 20.8 Å². The maximum absolute atomic E-state index is 12.8. The molecule has 25 heavy (non-hydrogen) atoms. The van der Waals surface area contributed by atoms with Crippen molar-refractivity contribution in [3.8, 4) is 0 Å². The summed E-state index contributed by atoms with van der Waals surface area (Å²) < 4.78 is 1.67.